The van der Waals surface area contributed by atoms with Crippen molar-refractivity contribution in [2.45, 2.75) is 6.92 Å². The molecule has 2 amide bonds. The number of carbonyl (C=O) groups excluding carboxylic acids is 3. The summed E-state index contributed by atoms with van der Waals surface area (Å²) in [6.07, 6.45) is 3.25. The number of halogens is 4. The zero-order valence-electron chi connectivity index (χ0n) is 16.8. The summed E-state index contributed by atoms with van der Waals surface area (Å²) < 4.78 is 3.33. The second kappa shape index (κ2) is 10.3. The molecule has 0 radical (unpaired) electrons. The third-order valence-corrected chi connectivity index (χ3v) is 6.13. The zero-order chi connectivity index (χ0) is 23.6. The predicted octanol–water partition coefficient (Wildman–Crippen LogP) is 5.73. The maximum Gasteiger partial charge on any atom is 0.272 e. The van der Waals surface area contributed by atoms with Gasteiger partial charge in [0.25, 0.3) is 11.8 Å². The van der Waals surface area contributed by atoms with E-state index >= 15 is 0 Å². The highest BCUT2D eigenvalue weighted by Crippen LogP contribution is 2.33. The summed E-state index contributed by atoms with van der Waals surface area (Å²) in [5, 5.41) is 3.17. The third kappa shape index (κ3) is 5.48. The molecule has 0 bridgehead atoms. The number of benzene rings is 1. The van der Waals surface area contributed by atoms with Crippen LogP contribution in [0.4, 0.5) is 5.69 Å². The number of Topliss-reactive ketones (excluding diaryl/α,β-unsaturated/α-hetero) is 1. The molecule has 0 unspecified atom stereocenters. The summed E-state index contributed by atoms with van der Waals surface area (Å²) in [5.74, 6) is -0.668. The van der Waals surface area contributed by atoms with Crippen molar-refractivity contribution < 1.29 is 14.4 Å². The summed E-state index contributed by atoms with van der Waals surface area (Å²) in [6, 6.07) is 8.28. The van der Waals surface area contributed by atoms with Gasteiger partial charge in [-0.3, -0.25) is 19.0 Å². The van der Waals surface area contributed by atoms with Crippen LogP contribution in [0.5, 0.6) is 0 Å². The lowest BCUT2D eigenvalue weighted by Gasteiger charge is -2.19. The van der Waals surface area contributed by atoms with Crippen LogP contribution in [0.2, 0.25) is 5.02 Å². The Hall–Kier alpha value is -2.01. The van der Waals surface area contributed by atoms with Crippen LogP contribution in [0.25, 0.3) is 5.82 Å². The van der Waals surface area contributed by atoms with Crippen LogP contribution in [0.15, 0.2) is 56.1 Å². The van der Waals surface area contributed by atoms with Gasteiger partial charge in [0.05, 0.1) is 22.8 Å². The van der Waals surface area contributed by atoms with Crippen molar-refractivity contribution in [2.24, 2.45) is 0 Å². The number of pyridine rings is 1. The van der Waals surface area contributed by atoms with Gasteiger partial charge in [-0.2, -0.15) is 0 Å². The van der Waals surface area contributed by atoms with Crippen molar-refractivity contribution in [3.8, 4) is 5.82 Å². The van der Waals surface area contributed by atoms with E-state index in [9.17, 15) is 14.4 Å². The average molecular weight is 648 g/mol. The SMILES string of the molecule is CC(=O)CN(C)C(=O)c1cc(Br)cc(Br)c1NC(=O)c1cc(Br)cn1-c1ncccc1Cl. The first-order valence-corrected chi connectivity index (χ1v) is 11.9. The Morgan fingerprint density at radius 3 is 2.53 bits per heavy atom. The quantitative estimate of drug-likeness (QED) is 0.371. The van der Waals surface area contributed by atoms with Crippen molar-refractivity contribution in [3.63, 3.8) is 0 Å². The molecule has 32 heavy (non-hydrogen) atoms. The van der Waals surface area contributed by atoms with Crippen molar-refractivity contribution in [1.29, 1.82) is 0 Å². The van der Waals surface area contributed by atoms with E-state index in [1.165, 1.54) is 18.9 Å². The highest BCUT2D eigenvalue weighted by molar-refractivity contribution is 9.11. The maximum absolute atomic E-state index is 13.3. The van der Waals surface area contributed by atoms with E-state index < -0.39 is 11.8 Å². The topological polar surface area (TPSA) is 84.3 Å². The highest BCUT2D eigenvalue weighted by Gasteiger charge is 2.23. The van der Waals surface area contributed by atoms with Gasteiger partial charge in [0.2, 0.25) is 0 Å². The second-order valence-corrected chi connectivity index (χ2v) is 9.94. The molecule has 0 saturated carbocycles. The number of nitrogens with zero attached hydrogens (tertiary/aromatic N) is 3. The minimum absolute atomic E-state index is 0.0513. The molecule has 0 atom stereocenters. The maximum atomic E-state index is 13.3. The van der Waals surface area contributed by atoms with Crippen LogP contribution in [0, 0.1) is 0 Å². The van der Waals surface area contributed by atoms with E-state index in [4.69, 9.17) is 11.6 Å². The van der Waals surface area contributed by atoms with Crippen LogP contribution in [0.1, 0.15) is 27.8 Å². The van der Waals surface area contributed by atoms with Crippen LogP contribution in [-0.2, 0) is 4.79 Å². The molecule has 0 spiro atoms. The summed E-state index contributed by atoms with van der Waals surface area (Å²) in [4.78, 5) is 43.3. The Balaban J connectivity index is 2.02. The average Bonchev–Trinajstić information content (AvgIpc) is 3.10. The number of carbonyl (C=O) groups is 3. The first-order valence-electron chi connectivity index (χ1n) is 9.12. The molecular weight excluding hydrogens is 631 g/mol. The number of nitrogens with one attached hydrogen (secondary N) is 1. The number of anilines is 1. The lowest BCUT2D eigenvalue weighted by Crippen LogP contribution is -2.32. The normalized spacial score (nSPS) is 10.7. The molecule has 0 aliphatic heterocycles. The summed E-state index contributed by atoms with van der Waals surface area (Å²) in [7, 11) is 1.52. The zero-order valence-corrected chi connectivity index (χ0v) is 22.3. The standard InChI is InChI=1S/C21H16Br3ClN4O3/c1-11(30)9-28(2)21(32)14-6-12(22)7-15(24)18(14)27-20(31)17-8-13(23)10-29(17)19-16(25)4-3-5-26-19/h3-8,10H,9H2,1-2H3,(H,27,31). The van der Waals surface area contributed by atoms with Gasteiger partial charge in [-0.25, -0.2) is 4.98 Å². The van der Waals surface area contributed by atoms with Gasteiger partial charge in [0.1, 0.15) is 11.5 Å². The molecule has 1 N–H and O–H groups in total. The first kappa shape index (κ1) is 24.6. The molecule has 0 fully saturated rings. The van der Waals surface area contributed by atoms with E-state index in [2.05, 4.69) is 58.1 Å². The number of rotatable bonds is 6. The Morgan fingerprint density at radius 2 is 1.88 bits per heavy atom. The minimum atomic E-state index is -0.483. The summed E-state index contributed by atoms with van der Waals surface area (Å²) in [5.41, 5.74) is 0.744. The number of likely N-dealkylation sites (N-methyl/N-ethyl adjacent to an activating group) is 1. The van der Waals surface area contributed by atoms with E-state index in [1.54, 1.807) is 47.3 Å². The molecule has 2 aromatic heterocycles. The Morgan fingerprint density at radius 1 is 1.16 bits per heavy atom. The third-order valence-electron chi connectivity index (χ3n) is 4.32. The van der Waals surface area contributed by atoms with Gasteiger partial charge in [-0.05, 0) is 69.1 Å². The summed E-state index contributed by atoms with van der Waals surface area (Å²) in [6.45, 7) is 1.35. The fraction of sp³-hybridized carbons (Fsp3) is 0.143. The highest BCUT2D eigenvalue weighted by atomic mass is 79.9. The molecular formula is C21H16Br3ClN4O3. The molecule has 3 rings (SSSR count). The monoisotopic (exact) mass is 644 g/mol. The molecule has 3 aromatic rings. The molecule has 0 aliphatic rings. The molecule has 2 heterocycles. The molecule has 0 saturated heterocycles. The van der Waals surface area contributed by atoms with Gasteiger partial charge in [-0.1, -0.05) is 27.5 Å². The fourth-order valence-corrected chi connectivity index (χ4v) is 4.95. The van der Waals surface area contributed by atoms with E-state index in [0.29, 0.717) is 24.3 Å². The molecule has 7 nitrogen and oxygen atoms in total. The van der Waals surface area contributed by atoms with Crippen molar-refractivity contribution >= 4 is 82.7 Å². The van der Waals surface area contributed by atoms with E-state index in [1.807, 2.05) is 0 Å². The van der Waals surface area contributed by atoms with Crippen LogP contribution >= 0.6 is 59.4 Å². The van der Waals surface area contributed by atoms with Crippen molar-refractivity contribution in [1.82, 2.24) is 14.5 Å². The molecule has 166 valence electrons. The van der Waals surface area contributed by atoms with Gasteiger partial charge in [0, 0.05) is 32.9 Å². The fourth-order valence-electron chi connectivity index (χ4n) is 2.99. The van der Waals surface area contributed by atoms with Crippen molar-refractivity contribution in [2.75, 3.05) is 18.9 Å². The second-order valence-electron chi connectivity index (χ2n) is 6.85. The molecule has 1 aromatic carbocycles. The largest absolute Gasteiger partial charge is 0.334 e. The Bertz CT molecular complexity index is 1230. The molecule has 11 heteroatoms. The number of hydrogen-bond donors (Lipinski definition) is 1. The van der Waals surface area contributed by atoms with Crippen LogP contribution in [0.3, 0.4) is 0 Å². The smallest absolute Gasteiger partial charge is 0.272 e. The lowest BCUT2D eigenvalue weighted by molar-refractivity contribution is -0.117. The van der Waals surface area contributed by atoms with E-state index in [-0.39, 0.29) is 29.3 Å². The lowest BCUT2D eigenvalue weighted by atomic mass is 10.1. The van der Waals surface area contributed by atoms with Gasteiger partial charge >= 0.3 is 0 Å². The van der Waals surface area contributed by atoms with Gasteiger partial charge in [-0.15, -0.1) is 0 Å². The van der Waals surface area contributed by atoms with Gasteiger partial charge < -0.3 is 10.2 Å². The van der Waals surface area contributed by atoms with E-state index in [0.717, 1.165) is 0 Å². The van der Waals surface area contributed by atoms with Crippen LogP contribution < -0.4 is 5.32 Å². The number of aromatic nitrogens is 2. The molecule has 0 aliphatic carbocycles. The van der Waals surface area contributed by atoms with Crippen LogP contribution in [-0.4, -0.2) is 45.6 Å². The van der Waals surface area contributed by atoms with Crippen molar-refractivity contribution in [3.05, 3.63) is 72.4 Å². The number of ketones is 1. The Labute approximate surface area is 214 Å². The summed E-state index contributed by atoms with van der Waals surface area (Å²) >= 11 is 16.4. The number of amides is 2. The Kier molecular flexibility index (Phi) is 7.92. The number of hydrogen-bond acceptors (Lipinski definition) is 4. The van der Waals surface area contributed by atoms with Gasteiger partial charge in [0.15, 0.2) is 5.82 Å². The first-order chi connectivity index (χ1) is 15.1. The minimum Gasteiger partial charge on any atom is -0.334 e. The predicted molar refractivity (Wildman–Crippen MR) is 134 cm³/mol.